The van der Waals surface area contributed by atoms with Crippen LogP contribution in [0.15, 0.2) is 12.1 Å². The zero-order chi connectivity index (χ0) is 9.14. The number of aromatic nitrogens is 1. The maximum atomic E-state index is 11.7. The number of pyridine rings is 1. The van der Waals surface area contributed by atoms with Gasteiger partial charge in [0.05, 0.1) is 0 Å². The summed E-state index contributed by atoms with van der Waals surface area (Å²) in [6.45, 7) is -2.95. The second-order valence-corrected chi connectivity index (χ2v) is 2.31. The van der Waals surface area contributed by atoms with Crippen molar-refractivity contribution in [1.29, 1.82) is 0 Å². The van der Waals surface area contributed by atoms with Crippen molar-refractivity contribution in [3.63, 3.8) is 0 Å². The van der Waals surface area contributed by atoms with Gasteiger partial charge in [-0.2, -0.15) is 13.8 Å². The van der Waals surface area contributed by atoms with Crippen molar-refractivity contribution in [1.82, 2.24) is 4.98 Å². The van der Waals surface area contributed by atoms with Gasteiger partial charge in [-0.3, -0.25) is 0 Å². The minimum Gasteiger partial charge on any atom is -0.415 e. The molecule has 1 aromatic rings. The highest BCUT2D eigenvalue weighted by molar-refractivity contribution is 6.31. The average molecular weight is 195 g/mol. The van der Waals surface area contributed by atoms with E-state index in [0.29, 0.717) is 0 Å². The third-order valence-electron chi connectivity index (χ3n) is 1.04. The molecule has 12 heavy (non-hydrogen) atoms. The Bertz CT molecular complexity index is 282. The maximum absolute atomic E-state index is 11.7. The summed E-state index contributed by atoms with van der Waals surface area (Å²) in [4.78, 5) is 3.46. The summed E-state index contributed by atoms with van der Waals surface area (Å²) < 4.78 is 27.3. The summed E-state index contributed by atoms with van der Waals surface area (Å²) in [6.07, 6.45) is 0. The van der Waals surface area contributed by atoms with E-state index in [1.165, 1.54) is 12.1 Å². The van der Waals surface area contributed by atoms with Crippen LogP contribution in [-0.4, -0.2) is 11.6 Å². The van der Waals surface area contributed by atoms with Gasteiger partial charge in [-0.25, -0.2) is 0 Å². The van der Waals surface area contributed by atoms with Crippen LogP contribution in [0.2, 0.25) is 5.02 Å². The van der Waals surface area contributed by atoms with Gasteiger partial charge in [0.15, 0.2) is 0 Å². The Morgan fingerprint density at radius 3 is 2.75 bits per heavy atom. The van der Waals surface area contributed by atoms with E-state index in [0.717, 1.165) is 0 Å². The molecule has 1 aromatic heterocycles. The van der Waals surface area contributed by atoms with Crippen LogP contribution in [0, 0.1) is 0 Å². The number of nitrogens with zero attached hydrogens (tertiary/aromatic N) is 1. The first-order chi connectivity index (χ1) is 5.59. The molecular weight excluding hydrogens is 190 g/mol. The number of alkyl halides is 2. The Kier molecular flexibility index (Phi) is 2.65. The van der Waals surface area contributed by atoms with Crippen LogP contribution in [0.3, 0.4) is 0 Å². The van der Waals surface area contributed by atoms with Crippen LogP contribution in [0.4, 0.5) is 14.6 Å². The molecule has 0 aliphatic rings. The molecule has 6 heteroatoms. The lowest BCUT2D eigenvalue weighted by atomic mass is 10.4. The first-order valence-corrected chi connectivity index (χ1v) is 3.34. The fourth-order valence-corrected chi connectivity index (χ4v) is 0.755. The molecule has 0 radical (unpaired) electrons. The maximum Gasteiger partial charge on any atom is 0.388 e. The Morgan fingerprint density at radius 2 is 2.17 bits per heavy atom. The molecule has 0 aliphatic heterocycles. The number of hydrogen-bond donors (Lipinski definition) is 1. The van der Waals surface area contributed by atoms with Gasteiger partial charge in [-0.15, -0.1) is 0 Å². The van der Waals surface area contributed by atoms with E-state index < -0.39 is 6.61 Å². The average Bonchev–Trinajstić information content (AvgIpc) is 1.96. The molecule has 66 valence electrons. The molecule has 0 amide bonds. The topological polar surface area (TPSA) is 48.1 Å². The molecular formula is C6H5ClF2N2O. The first-order valence-electron chi connectivity index (χ1n) is 2.96. The van der Waals surface area contributed by atoms with Crippen molar-refractivity contribution in [3.05, 3.63) is 17.2 Å². The van der Waals surface area contributed by atoms with Crippen LogP contribution in [0.25, 0.3) is 0 Å². The van der Waals surface area contributed by atoms with E-state index in [1.54, 1.807) is 0 Å². The molecule has 0 fully saturated rings. The SMILES string of the molecule is Nc1ccc(Cl)c(OC(F)F)n1. The third-order valence-corrected chi connectivity index (χ3v) is 1.32. The number of rotatable bonds is 2. The monoisotopic (exact) mass is 194 g/mol. The molecule has 0 bridgehead atoms. The van der Waals surface area contributed by atoms with Gasteiger partial charge < -0.3 is 10.5 Å². The van der Waals surface area contributed by atoms with E-state index in [2.05, 4.69) is 9.72 Å². The number of nitrogens with two attached hydrogens (primary N) is 1. The fraction of sp³-hybridized carbons (Fsp3) is 0.167. The van der Waals surface area contributed by atoms with E-state index >= 15 is 0 Å². The third kappa shape index (κ3) is 2.20. The lowest BCUT2D eigenvalue weighted by Gasteiger charge is -2.04. The fourth-order valence-electron chi connectivity index (χ4n) is 0.605. The smallest absolute Gasteiger partial charge is 0.388 e. The lowest BCUT2D eigenvalue weighted by molar-refractivity contribution is -0.0526. The minimum atomic E-state index is -2.95. The largest absolute Gasteiger partial charge is 0.415 e. The number of hydrogen-bond acceptors (Lipinski definition) is 3. The van der Waals surface area contributed by atoms with E-state index in [1.807, 2.05) is 0 Å². The standard InChI is InChI=1S/C6H5ClF2N2O/c7-3-1-2-4(10)11-5(3)12-6(8)9/h1-2,6H,(H2,10,11). The van der Waals surface area contributed by atoms with Crippen molar-refractivity contribution in [2.75, 3.05) is 5.73 Å². The minimum absolute atomic E-state index is 0.00417. The molecule has 3 nitrogen and oxygen atoms in total. The molecule has 0 saturated heterocycles. The number of anilines is 1. The molecule has 2 N–H and O–H groups in total. The van der Waals surface area contributed by atoms with Crippen molar-refractivity contribution >= 4 is 17.4 Å². The highest BCUT2D eigenvalue weighted by atomic mass is 35.5. The highest BCUT2D eigenvalue weighted by Gasteiger charge is 2.09. The molecule has 0 atom stereocenters. The summed E-state index contributed by atoms with van der Waals surface area (Å²) in [7, 11) is 0. The molecule has 0 unspecified atom stereocenters. The molecule has 0 spiro atoms. The summed E-state index contributed by atoms with van der Waals surface area (Å²) in [5.74, 6) is -0.276. The Labute approximate surface area is 72.1 Å². The highest BCUT2D eigenvalue weighted by Crippen LogP contribution is 2.23. The predicted octanol–water partition coefficient (Wildman–Crippen LogP) is 1.92. The Hall–Kier alpha value is -1.10. The zero-order valence-corrected chi connectivity index (χ0v) is 6.55. The van der Waals surface area contributed by atoms with Gasteiger partial charge in [0, 0.05) is 0 Å². The van der Waals surface area contributed by atoms with Crippen molar-refractivity contribution in [2.45, 2.75) is 6.61 Å². The lowest BCUT2D eigenvalue weighted by Crippen LogP contribution is -2.05. The van der Waals surface area contributed by atoms with Gasteiger partial charge in [0.2, 0.25) is 5.88 Å². The van der Waals surface area contributed by atoms with Gasteiger partial charge in [-0.05, 0) is 12.1 Å². The van der Waals surface area contributed by atoms with Crippen LogP contribution in [0.1, 0.15) is 0 Å². The summed E-state index contributed by atoms with van der Waals surface area (Å²) in [6, 6.07) is 2.72. The van der Waals surface area contributed by atoms with Crippen molar-refractivity contribution < 1.29 is 13.5 Å². The van der Waals surface area contributed by atoms with Gasteiger partial charge in [0.25, 0.3) is 0 Å². The van der Waals surface area contributed by atoms with E-state index in [-0.39, 0.29) is 16.7 Å². The molecule has 0 aromatic carbocycles. The zero-order valence-electron chi connectivity index (χ0n) is 5.80. The van der Waals surface area contributed by atoms with Crippen LogP contribution in [0.5, 0.6) is 5.88 Å². The van der Waals surface area contributed by atoms with Gasteiger partial charge >= 0.3 is 6.61 Å². The molecule has 1 heterocycles. The second-order valence-electron chi connectivity index (χ2n) is 1.90. The van der Waals surface area contributed by atoms with E-state index in [9.17, 15) is 8.78 Å². The van der Waals surface area contributed by atoms with Gasteiger partial charge in [0.1, 0.15) is 10.8 Å². The summed E-state index contributed by atoms with van der Waals surface area (Å²) >= 11 is 5.46. The van der Waals surface area contributed by atoms with E-state index in [4.69, 9.17) is 17.3 Å². The van der Waals surface area contributed by atoms with Crippen molar-refractivity contribution in [2.24, 2.45) is 0 Å². The molecule has 0 saturated carbocycles. The first kappa shape index (κ1) is 8.99. The second kappa shape index (κ2) is 3.53. The Morgan fingerprint density at radius 1 is 1.50 bits per heavy atom. The van der Waals surface area contributed by atoms with Gasteiger partial charge in [-0.1, -0.05) is 11.6 Å². The van der Waals surface area contributed by atoms with Crippen LogP contribution >= 0.6 is 11.6 Å². The normalized spacial score (nSPS) is 10.3. The Balaban J connectivity index is 2.90. The number of nitrogen functional groups attached to an aromatic ring is 1. The molecule has 0 aliphatic carbocycles. The van der Waals surface area contributed by atoms with Crippen LogP contribution in [-0.2, 0) is 0 Å². The molecule has 1 rings (SSSR count). The van der Waals surface area contributed by atoms with Crippen molar-refractivity contribution in [3.8, 4) is 5.88 Å². The summed E-state index contributed by atoms with van der Waals surface area (Å²) in [5, 5.41) is 0.00417. The summed E-state index contributed by atoms with van der Waals surface area (Å²) in [5.41, 5.74) is 5.21. The number of ether oxygens (including phenoxy) is 1. The number of halogens is 3. The van der Waals surface area contributed by atoms with Crippen LogP contribution < -0.4 is 10.5 Å². The quantitative estimate of drug-likeness (QED) is 0.783. The predicted molar refractivity (Wildman–Crippen MR) is 40.3 cm³/mol.